The number of benzene rings is 1. The fourth-order valence-corrected chi connectivity index (χ4v) is 6.94. The fourth-order valence-electron chi connectivity index (χ4n) is 5.29. The average molecular weight is 506 g/mol. The number of hydrogen-bond acceptors (Lipinski definition) is 6. The zero-order valence-corrected chi connectivity index (χ0v) is 21.5. The van der Waals surface area contributed by atoms with Gasteiger partial charge in [0.15, 0.2) is 0 Å². The van der Waals surface area contributed by atoms with E-state index in [0.29, 0.717) is 10.9 Å². The zero-order valence-electron chi connectivity index (χ0n) is 19.9. The van der Waals surface area contributed by atoms with Crippen LogP contribution in [0.4, 0.5) is 0 Å². The third-order valence-electron chi connectivity index (χ3n) is 7.51. The number of likely N-dealkylation sites (tertiary alicyclic amines) is 1. The fraction of sp³-hybridized carbons (Fsp3) is 0.615. The Hall–Kier alpha value is -1.54. The molecule has 34 heavy (non-hydrogen) atoms. The van der Waals surface area contributed by atoms with Crippen LogP contribution in [-0.2, 0) is 4.79 Å². The van der Waals surface area contributed by atoms with Gasteiger partial charge in [0.2, 0.25) is 0 Å². The van der Waals surface area contributed by atoms with Crippen LogP contribution in [0.3, 0.4) is 0 Å². The smallest absolute Gasteiger partial charge is 0.303 e. The molecule has 2 fully saturated rings. The maximum Gasteiger partial charge on any atom is 0.303 e. The molecule has 4 rings (SSSR count). The minimum Gasteiger partial charge on any atom is -0.497 e. The highest BCUT2D eigenvalue weighted by Crippen LogP contribution is 2.37. The van der Waals surface area contributed by atoms with E-state index in [9.17, 15) is 9.90 Å². The summed E-state index contributed by atoms with van der Waals surface area (Å²) >= 11 is 8.64. The summed E-state index contributed by atoms with van der Waals surface area (Å²) in [5, 5.41) is 11.9. The van der Waals surface area contributed by atoms with Gasteiger partial charge in [-0.25, -0.2) is 0 Å². The molecule has 1 aliphatic heterocycles. The highest BCUT2D eigenvalue weighted by Gasteiger charge is 2.31. The van der Waals surface area contributed by atoms with E-state index in [1.165, 1.54) is 19.3 Å². The van der Waals surface area contributed by atoms with Gasteiger partial charge in [-0.15, -0.1) is 0 Å². The van der Waals surface area contributed by atoms with E-state index in [4.69, 9.17) is 22.1 Å². The number of aliphatic carboxylic acids is 1. The summed E-state index contributed by atoms with van der Waals surface area (Å²) in [7, 11) is 1.64. The van der Waals surface area contributed by atoms with Crippen LogP contribution in [0, 0.1) is 11.8 Å². The predicted molar refractivity (Wildman–Crippen MR) is 140 cm³/mol. The number of carbonyl (C=O) groups is 1. The molecule has 0 unspecified atom stereocenters. The molecule has 2 aromatic rings. The van der Waals surface area contributed by atoms with Crippen molar-refractivity contribution in [2.75, 3.05) is 32.5 Å². The first-order valence-electron chi connectivity index (χ1n) is 12.4. The van der Waals surface area contributed by atoms with Crippen LogP contribution in [-0.4, -0.2) is 58.7 Å². The van der Waals surface area contributed by atoms with E-state index < -0.39 is 5.97 Å². The average Bonchev–Trinajstić information content (AvgIpc) is 2.79. The van der Waals surface area contributed by atoms with Gasteiger partial charge >= 0.3 is 5.97 Å². The first-order chi connectivity index (χ1) is 16.4. The number of rotatable bonds is 11. The number of nitrogens with two attached hydrogens (primary N) is 1. The molecule has 0 amide bonds. The topological polar surface area (TPSA) is 88.7 Å². The molecule has 0 spiro atoms. The Bertz CT molecular complexity index is 987. The Morgan fingerprint density at radius 2 is 2.18 bits per heavy atom. The SMILES string of the molecule is COc1ccc2ncc(Cl)c([C@@H](N)CC[C@@H]3CCN(CCSC4CCC4)C[C@H]3CC(=O)O)c2c1. The number of nitrogens with zero attached hydrogens (tertiary/aromatic N) is 2. The lowest BCUT2D eigenvalue weighted by atomic mass is 9.79. The largest absolute Gasteiger partial charge is 0.497 e. The number of halogens is 1. The lowest BCUT2D eigenvalue weighted by Gasteiger charge is -2.39. The van der Waals surface area contributed by atoms with Gasteiger partial charge in [0.05, 0.1) is 17.6 Å². The molecule has 1 aromatic carbocycles. The highest BCUT2D eigenvalue weighted by molar-refractivity contribution is 7.99. The predicted octanol–water partition coefficient (Wildman–Crippen LogP) is 5.38. The number of carboxylic acid groups (broad SMARTS) is 1. The molecule has 2 heterocycles. The highest BCUT2D eigenvalue weighted by atomic mass is 35.5. The Kier molecular flexibility index (Phi) is 8.97. The lowest BCUT2D eigenvalue weighted by molar-refractivity contribution is -0.139. The molecule has 1 saturated heterocycles. The van der Waals surface area contributed by atoms with Gasteiger partial charge in [-0.1, -0.05) is 18.0 Å². The number of hydrogen-bond donors (Lipinski definition) is 2. The van der Waals surface area contributed by atoms with E-state index in [1.54, 1.807) is 13.3 Å². The van der Waals surface area contributed by atoms with Gasteiger partial charge in [-0.3, -0.25) is 9.78 Å². The molecule has 186 valence electrons. The van der Waals surface area contributed by atoms with E-state index >= 15 is 0 Å². The minimum absolute atomic E-state index is 0.164. The number of thioether (sulfide) groups is 1. The van der Waals surface area contributed by atoms with Crippen LogP contribution in [0.1, 0.15) is 56.6 Å². The lowest BCUT2D eigenvalue weighted by Crippen LogP contribution is -2.42. The molecule has 0 radical (unpaired) electrons. The second-order valence-corrected chi connectivity index (χ2v) is 11.5. The van der Waals surface area contributed by atoms with Gasteiger partial charge in [-0.05, 0) is 74.2 Å². The van der Waals surface area contributed by atoms with Gasteiger partial charge in [0.25, 0.3) is 0 Å². The second kappa shape index (κ2) is 11.9. The van der Waals surface area contributed by atoms with Crippen LogP contribution in [0.2, 0.25) is 5.02 Å². The summed E-state index contributed by atoms with van der Waals surface area (Å²) < 4.78 is 5.39. The molecule has 3 N–H and O–H groups in total. The molecule has 1 aromatic heterocycles. The van der Waals surface area contributed by atoms with Crippen molar-refractivity contribution < 1.29 is 14.6 Å². The summed E-state index contributed by atoms with van der Waals surface area (Å²) in [6.07, 6.45) is 8.66. The Morgan fingerprint density at radius 3 is 2.88 bits per heavy atom. The Labute approximate surface area is 211 Å². The normalized spacial score (nSPS) is 22.4. The molecule has 8 heteroatoms. The Balaban J connectivity index is 1.38. The van der Waals surface area contributed by atoms with Crippen LogP contribution in [0.5, 0.6) is 5.75 Å². The molecule has 3 atom stereocenters. The first kappa shape index (κ1) is 25.5. The number of aromatic nitrogens is 1. The molecular weight excluding hydrogens is 470 g/mol. The number of fused-ring (bicyclic) bond motifs is 1. The van der Waals surface area contributed by atoms with Crippen molar-refractivity contribution >= 4 is 40.2 Å². The second-order valence-electron chi connectivity index (χ2n) is 9.72. The molecule has 6 nitrogen and oxygen atoms in total. The molecular formula is C26H36ClN3O3S. The van der Waals surface area contributed by atoms with Crippen molar-refractivity contribution in [1.82, 2.24) is 9.88 Å². The number of ether oxygens (including phenoxy) is 1. The maximum absolute atomic E-state index is 11.6. The van der Waals surface area contributed by atoms with Crippen molar-refractivity contribution in [2.24, 2.45) is 17.6 Å². The minimum atomic E-state index is -0.708. The quantitative estimate of drug-likeness (QED) is 0.424. The summed E-state index contributed by atoms with van der Waals surface area (Å²) in [5.41, 5.74) is 8.41. The van der Waals surface area contributed by atoms with E-state index in [2.05, 4.69) is 21.6 Å². The zero-order chi connectivity index (χ0) is 24.1. The van der Waals surface area contributed by atoms with Crippen LogP contribution < -0.4 is 10.5 Å². The third-order valence-corrected chi connectivity index (χ3v) is 9.18. The van der Waals surface area contributed by atoms with E-state index in [1.807, 2.05) is 18.2 Å². The van der Waals surface area contributed by atoms with Crippen molar-refractivity contribution in [3.8, 4) is 5.75 Å². The number of piperidine rings is 1. The van der Waals surface area contributed by atoms with Crippen LogP contribution in [0.15, 0.2) is 24.4 Å². The first-order valence-corrected chi connectivity index (χ1v) is 13.8. The van der Waals surface area contributed by atoms with Gasteiger partial charge in [0, 0.05) is 48.1 Å². The van der Waals surface area contributed by atoms with E-state index in [-0.39, 0.29) is 18.4 Å². The summed E-state index contributed by atoms with van der Waals surface area (Å²) in [5.74, 6) is 1.71. The third kappa shape index (κ3) is 6.36. The number of methoxy groups -OCH3 is 1. The number of pyridine rings is 1. The van der Waals surface area contributed by atoms with Crippen molar-refractivity contribution in [3.63, 3.8) is 0 Å². The van der Waals surface area contributed by atoms with Crippen LogP contribution in [0.25, 0.3) is 10.9 Å². The molecule has 1 aliphatic carbocycles. The van der Waals surface area contributed by atoms with Crippen molar-refractivity contribution in [2.45, 2.75) is 56.2 Å². The van der Waals surface area contributed by atoms with Gasteiger partial charge < -0.3 is 20.5 Å². The summed E-state index contributed by atoms with van der Waals surface area (Å²) in [6.45, 7) is 2.97. The monoisotopic (exact) mass is 505 g/mol. The van der Waals surface area contributed by atoms with Gasteiger partial charge in [-0.2, -0.15) is 11.8 Å². The molecule has 2 aliphatic rings. The maximum atomic E-state index is 11.6. The molecule has 1 saturated carbocycles. The van der Waals surface area contributed by atoms with Crippen molar-refractivity contribution in [1.29, 1.82) is 0 Å². The Morgan fingerprint density at radius 1 is 1.35 bits per heavy atom. The van der Waals surface area contributed by atoms with E-state index in [0.717, 1.165) is 72.1 Å². The van der Waals surface area contributed by atoms with Crippen molar-refractivity contribution in [3.05, 3.63) is 35.0 Å². The number of carboxylic acids is 1. The van der Waals surface area contributed by atoms with Gasteiger partial charge in [0.1, 0.15) is 5.75 Å². The molecule has 0 bridgehead atoms. The summed E-state index contributed by atoms with van der Waals surface area (Å²) in [6, 6.07) is 5.50. The summed E-state index contributed by atoms with van der Waals surface area (Å²) in [4.78, 5) is 18.5. The van der Waals surface area contributed by atoms with Crippen LogP contribution >= 0.6 is 23.4 Å². The standard InChI is InChI=1S/C26H36ClN3O3S/c1-33-19-6-8-24-21(14-19)26(22(27)15-29-24)23(28)7-5-17-9-10-30(16-18(17)13-25(31)32)11-12-34-20-3-2-4-20/h6,8,14-15,17-18,20,23H,2-5,7,9-13,16,28H2,1H3,(H,31,32)/t17-,18-,23+/m1/s1.